The van der Waals surface area contributed by atoms with Crippen LogP contribution in [-0.2, 0) is 13.0 Å². The molecule has 3 rings (SSSR count). The summed E-state index contributed by atoms with van der Waals surface area (Å²) in [4.78, 5) is 14.2. The molecule has 0 aliphatic carbocycles. The van der Waals surface area contributed by atoms with Gasteiger partial charge < -0.3 is 14.8 Å². The Morgan fingerprint density at radius 1 is 1.36 bits per heavy atom. The second kappa shape index (κ2) is 7.63. The molecule has 1 fully saturated rings. The van der Waals surface area contributed by atoms with Crippen molar-refractivity contribution in [3.63, 3.8) is 0 Å². The molecule has 1 aliphatic heterocycles. The molecule has 25 heavy (non-hydrogen) atoms. The third-order valence-electron chi connectivity index (χ3n) is 4.60. The van der Waals surface area contributed by atoms with Gasteiger partial charge in [0.25, 0.3) is 0 Å². The molecule has 1 N–H and O–H groups in total. The number of nitrogens with one attached hydrogen (secondary N) is 1. The molecule has 1 aromatic carbocycles. The first-order valence-corrected chi connectivity index (χ1v) is 8.68. The maximum Gasteiger partial charge on any atom is 0.317 e. The van der Waals surface area contributed by atoms with Crippen LogP contribution in [0.15, 0.2) is 30.6 Å². The summed E-state index contributed by atoms with van der Waals surface area (Å²) in [7, 11) is 0. The highest BCUT2D eigenvalue weighted by Crippen LogP contribution is 2.21. The van der Waals surface area contributed by atoms with Gasteiger partial charge in [-0.2, -0.15) is 0 Å². The number of benzene rings is 1. The predicted molar refractivity (Wildman–Crippen MR) is 92.4 cm³/mol. The van der Waals surface area contributed by atoms with Crippen molar-refractivity contribution in [1.82, 2.24) is 25.0 Å². The summed E-state index contributed by atoms with van der Waals surface area (Å²) < 4.78 is 15.0. The largest absolute Gasteiger partial charge is 0.334 e. The monoisotopic (exact) mass is 345 g/mol. The number of carbonyl (C=O) groups excluding carboxylic acids is 1. The first kappa shape index (κ1) is 17.4. The van der Waals surface area contributed by atoms with Gasteiger partial charge in [-0.15, -0.1) is 10.2 Å². The van der Waals surface area contributed by atoms with E-state index in [9.17, 15) is 9.18 Å². The average Bonchev–Trinajstić information content (AvgIpc) is 3.24. The van der Waals surface area contributed by atoms with Gasteiger partial charge >= 0.3 is 6.03 Å². The zero-order chi connectivity index (χ0) is 17.8. The van der Waals surface area contributed by atoms with Crippen LogP contribution < -0.4 is 5.32 Å². The van der Waals surface area contributed by atoms with Gasteiger partial charge in [-0.25, -0.2) is 9.18 Å². The molecule has 7 heteroatoms. The van der Waals surface area contributed by atoms with Gasteiger partial charge in [0.2, 0.25) is 0 Å². The zero-order valence-electron chi connectivity index (χ0n) is 14.7. The second-order valence-corrected chi connectivity index (χ2v) is 6.84. The third-order valence-corrected chi connectivity index (χ3v) is 4.60. The van der Waals surface area contributed by atoms with Crippen LogP contribution in [0.1, 0.15) is 37.7 Å². The van der Waals surface area contributed by atoms with E-state index in [4.69, 9.17) is 0 Å². The molecule has 1 aromatic heterocycles. The van der Waals surface area contributed by atoms with Crippen molar-refractivity contribution in [1.29, 1.82) is 0 Å². The smallest absolute Gasteiger partial charge is 0.317 e. The number of rotatable bonds is 5. The second-order valence-electron chi connectivity index (χ2n) is 6.84. The van der Waals surface area contributed by atoms with Crippen molar-refractivity contribution >= 4 is 6.03 Å². The minimum atomic E-state index is -0.272. The number of carbonyl (C=O) groups is 1. The van der Waals surface area contributed by atoms with Crippen LogP contribution >= 0.6 is 0 Å². The maximum absolute atomic E-state index is 12.9. The lowest BCUT2D eigenvalue weighted by atomic mass is 10.0. The Hall–Kier alpha value is -2.44. The topological polar surface area (TPSA) is 63.1 Å². The van der Waals surface area contributed by atoms with Crippen molar-refractivity contribution < 1.29 is 9.18 Å². The van der Waals surface area contributed by atoms with E-state index in [1.54, 1.807) is 18.5 Å². The van der Waals surface area contributed by atoms with E-state index in [0.717, 1.165) is 37.3 Å². The molecule has 2 heterocycles. The lowest BCUT2D eigenvalue weighted by molar-refractivity contribution is 0.206. The van der Waals surface area contributed by atoms with Crippen LogP contribution in [0.4, 0.5) is 9.18 Å². The molecule has 0 spiro atoms. The van der Waals surface area contributed by atoms with Gasteiger partial charge in [-0.3, -0.25) is 0 Å². The van der Waals surface area contributed by atoms with Crippen LogP contribution in [0, 0.1) is 11.7 Å². The number of hydrogen-bond donors (Lipinski definition) is 1. The lowest BCUT2D eigenvalue weighted by Crippen LogP contribution is -2.38. The van der Waals surface area contributed by atoms with Crippen molar-refractivity contribution in [3.8, 4) is 0 Å². The highest BCUT2D eigenvalue weighted by atomic mass is 19.1. The molecule has 1 saturated heterocycles. The third kappa shape index (κ3) is 4.35. The van der Waals surface area contributed by atoms with Gasteiger partial charge in [-0.05, 0) is 43.9 Å². The van der Waals surface area contributed by atoms with Crippen LogP contribution in [0.5, 0.6) is 0 Å². The quantitative estimate of drug-likeness (QED) is 0.906. The molecule has 1 atom stereocenters. The van der Waals surface area contributed by atoms with Crippen LogP contribution in [0.3, 0.4) is 0 Å². The summed E-state index contributed by atoms with van der Waals surface area (Å²) >= 11 is 0. The van der Waals surface area contributed by atoms with Gasteiger partial charge in [0, 0.05) is 32.1 Å². The van der Waals surface area contributed by atoms with E-state index >= 15 is 0 Å². The van der Waals surface area contributed by atoms with E-state index in [2.05, 4.69) is 33.9 Å². The van der Waals surface area contributed by atoms with Gasteiger partial charge in [0.05, 0.1) is 0 Å². The first-order chi connectivity index (χ1) is 12.0. The van der Waals surface area contributed by atoms with Crippen molar-refractivity contribution in [2.75, 3.05) is 13.1 Å². The molecular weight excluding hydrogens is 321 g/mol. The van der Waals surface area contributed by atoms with Gasteiger partial charge in [0.15, 0.2) is 0 Å². The molecule has 6 nitrogen and oxygen atoms in total. The summed E-state index contributed by atoms with van der Waals surface area (Å²) in [6.07, 6.45) is 3.57. The number of amides is 2. The highest BCUT2D eigenvalue weighted by Gasteiger charge is 2.27. The van der Waals surface area contributed by atoms with Gasteiger partial charge in [-0.1, -0.05) is 12.1 Å². The lowest BCUT2D eigenvalue weighted by Gasteiger charge is -2.18. The fraction of sp³-hybridized carbons (Fsp3) is 0.500. The molecule has 0 bridgehead atoms. The standard InChI is InChI=1S/C18H24FN5O/c1-13(2)24-12-21-22-17(24)9-15-7-8-23(11-15)18(25)20-10-14-3-5-16(19)6-4-14/h3-6,12-13,15H,7-11H2,1-2H3,(H,20,25). The Kier molecular flexibility index (Phi) is 5.31. The van der Waals surface area contributed by atoms with Crippen LogP contribution in [0.25, 0.3) is 0 Å². The molecule has 0 radical (unpaired) electrons. The Balaban J connectivity index is 1.49. The summed E-state index contributed by atoms with van der Waals surface area (Å²) in [6.45, 7) is 6.09. The summed E-state index contributed by atoms with van der Waals surface area (Å²) in [5.74, 6) is 1.11. The minimum Gasteiger partial charge on any atom is -0.334 e. The summed E-state index contributed by atoms with van der Waals surface area (Å²) in [5.41, 5.74) is 0.885. The number of nitrogens with zero attached hydrogens (tertiary/aromatic N) is 4. The van der Waals surface area contributed by atoms with E-state index in [0.29, 0.717) is 18.5 Å². The van der Waals surface area contributed by atoms with E-state index in [1.165, 1.54) is 12.1 Å². The summed E-state index contributed by atoms with van der Waals surface area (Å²) in [5, 5.41) is 11.1. The highest BCUT2D eigenvalue weighted by molar-refractivity contribution is 5.74. The maximum atomic E-state index is 12.9. The Labute approximate surface area is 147 Å². The van der Waals surface area contributed by atoms with E-state index in [-0.39, 0.29) is 11.8 Å². The normalized spacial score (nSPS) is 17.3. The SMILES string of the molecule is CC(C)n1cnnc1CC1CCN(C(=O)NCc2ccc(F)cc2)C1. The van der Waals surface area contributed by atoms with E-state index < -0.39 is 0 Å². The Morgan fingerprint density at radius 3 is 2.84 bits per heavy atom. The average molecular weight is 345 g/mol. The first-order valence-electron chi connectivity index (χ1n) is 8.68. The number of urea groups is 1. The summed E-state index contributed by atoms with van der Waals surface area (Å²) in [6, 6.07) is 6.43. The fourth-order valence-electron chi connectivity index (χ4n) is 3.18. The van der Waals surface area contributed by atoms with Crippen molar-refractivity contribution in [2.24, 2.45) is 5.92 Å². The zero-order valence-corrected chi connectivity index (χ0v) is 14.7. The molecule has 1 unspecified atom stereocenters. The van der Waals surface area contributed by atoms with Crippen LogP contribution in [-0.4, -0.2) is 38.8 Å². The van der Waals surface area contributed by atoms with Crippen molar-refractivity contribution in [2.45, 2.75) is 39.3 Å². The van der Waals surface area contributed by atoms with E-state index in [1.807, 2.05) is 4.90 Å². The predicted octanol–water partition coefficient (Wildman–Crippen LogP) is 2.77. The van der Waals surface area contributed by atoms with Crippen LogP contribution in [0.2, 0.25) is 0 Å². The fourth-order valence-corrected chi connectivity index (χ4v) is 3.18. The molecule has 134 valence electrons. The van der Waals surface area contributed by atoms with Crippen molar-refractivity contribution in [3.05, 3.63) is 47.8 Å². The molecule has 1 aliphatic rings. The minimum absolute atomic E-state index is 0.0721. The Morgan fingerprint density at radius 2 is 2.12 bits per heavy atom. The molecule has 0 saturated carbocycles. The number of hydrogen-bond acceptors (Lipinski definition) is 3. The molecule has 2 amide bonds. The molecule has 2 aromatic rings. The molecular formula is C18H24FN5O. The number of aromatic nitrogens is 3. The van der Waals surface area contributed by atoms with Gasteiger partial charge in [0.1, 0.15) is 18.0 Å². The Bertz CT molecular complexity index is 713. The number of likely N-dealkylation sites (tertiary alicyclic amines) is 1. The number of halogens is 1.